The van der Waals surface area contributed by atoms with E-state index >= 15 is 0 Å². The van der Waals surface area contributed by atoms with Gasteiger partial charge in [-0.05, 0) is 12.8 Å². The number of halogens is 4. The van der Waals surface area contributed by atoms with Gasteiger partial charge in [0.2, 0.25) is 0 Å². The van der Waals surface area contributed by atoms with Crippen LogP contribution in [0.3, 0.4) is 0 Å². The fraction of sp³-hybridized carbons (Fsp3) is 0.867. The third-order valence-corrected chi connectivity index (χ3v) is 6.33. The first kappa shape index (κ1) is 24.2. The van der Waals surface area contributed by atoms with Crippen molar-refractivity contribution in [3.8, 4) is 0 Å². The summed E-state index contributed by atoms with van der Waals surface area (Å²) in [7, 11) is 1.40. The molecule has 0 fully saturated rings. The van der Waals surface area contributed by atoms with Crippen LogP contribution in [0.15, 0.2) is 5.16 Å². The maximum atomic E-state index is 13.2. The zero-order valence-corrected chi connectivity index (χ0v) is 17.0. The van der Waals surface area contributed by atoms with Crippen molar-refractivity contribution in [1.82, 2.24) is 0 Å². The smallest absolute Gasteiger partial charge is 0.159 e. The molecule has 3 nitrogen and oxygen atoms in total. The van der Waals surface area contributed by atoms with Crippen LogP contribution in [0.2, 0.25) is 0 Å². The summed E-state index contributed by atoms with van der Waals surface area (Å²) in [6.07, 6.45) is 0.916. The summed E-state index contributed by atoms with van der Waals surface area (Å²) in [5.41, 5.74) is 0. The molecular weight excluding hydrogens is 424 g/mol. The monoisotopic (exact) mass is 449 g/mol. The molecule has 7 heteroatoms. The van der Waals surface area contributed by atoms with E-state index in [2.05, 4.69) is 41.9 Å². The molecular formula is C15H27Br2F2NO2. The second kappa shape index (κ2) is 14.5. The molecule has 0 aromatic rings. The third-order valence-electron chi connectivity index (χ3n) is 3.36. The number of alkyl halides is 4. The van der Waals surface area contributed by atoms with Crippen molar-refractivity contribution in [1.29, 1.82) is 0 Å². The molecule has 0 unspecified atom stereocenters. The molecule has 0 saturated carbocycles. The second-order valence-corrected chi connectivity index (χ2v) is 7.38. The fourth-order valence-corrected chi connectivity index (χ4v) is 2.10. The van der Waals surface area contributed by atoms with Crippen LogP contribution in [0.25, 0.3) is 0 Å². The zero-order chi connectivity index (χ0) is 17.7. The molecule has 0 aromatic heterocycles. The third kappa shape index (κ3) is 10.6. The molecule has 0 aliphatic heterocycles. The van der Waals surface area contributed by atoms with Gasteiger partial charge in [-0.2, -0.15) is 0 Å². The number of carbonyl (C=O) groups is 1. The summed E-state index contributed by atoms with van der Waals surface area (Å²) < 4.78 is 25.7. The van der Waals surface area contributed by atoms with Crippen LogP contribution in [0.4, 0.5) is 8.78 Å². The molecule has 0 amide bonds. The highest BCUT2D eigenvalue weighted by atomic mass is 79.9. The van der Waals surface area contributed by atoms with E-state index in [0.29, 0.717) is 6.29 Å². The van der Waals surface area contributed by atoms with Crippen molar-refractivity contribution in [3.63, 3.8) is 0 Å². The molecule has 0 aromatic carbocycles. The van der Waals surface area contributed by atoms with Crippen LogP contribution in [0, 0.1) is 11.8 Å². The first-order valence-corrected chi connectivity index (χ1v) is 9.17. The van der Waals surface area contributed by atoms with Crippen LogP contribution < -0.4 is 0 Å². The summed E-state index contributed by atoms with van der Waals surface area (Å²) in [6, 6.07) is 0. The Hall–Kier alpha value is -0.0400. The van der Waals surface area contributed by atoms with Gasteiger partial charge in [-0.25, -0.2) is 8.78 Å². The number of hydrogen-bond acceptors (Lipinski definition) is 3. The minimum atomic E-state index is -1.33. The highest BCUT2D eigenvalue weighted by Crippen LogP contribution is 2.21. The number of nitrogens with zero attached hydrogens (tertiary/aromatic N) is 1. The lowest BCUT2D eigenvalue weighted by molar-refractivity contribution is -0.113. The van der Waals surface area contributed by atoms with Crippen LogP contribution in [0.1, 0.15) is 40.5 Å². The lowest BCUT2D eigenvalue weighted by Gasteiger charge is -2.17. The lowest BCUT2D eigenvalue weighted by Crippen LogP contribution is -2.22. The SMILES string of the molecule is CC[C@H](Br)[C@@H](C)[C@H](F)C=NOC.CC[C@H](Br)[C@@H](C)[C@H](F)C=O. The van der Waals surface area contributed by atoms with Crippen molar-refractivity contribution in [2.45, 2.75) is 62.5 Å². The van der Waals surface area contributed by atoms with Crippen molar-refractivity contribution < 1.29 is 18.4 Å². The van der Waals surface area contributed by atoms with Gasteiger partial charge >= 0.3 is 0 Å². The molecule has 0 aliphatic rings. The minimum absolute atomic E-state index is 0.0751. The Morgan fingerprint density at radius 3 is 1.77 bits per heavy atom. The van der Waals surface area contributed by atoms with Crippen molar-refractivity contribution >= 4 is 44.4 Å². The van der Waals surface area contributed by atoms with Crippen molar-refractivity contribution in [2.24, 2.45) is 17.0 Å². The van der Waals surface area contributed by atoms with Gasteiger partial charge < -0.3 is 9.63 Å². The van der Waals surface area contributed by atoms with Gasteiger partial charge in [0.1, 0.15) is 13.3 Å². The molecule has 0 bridgehead atoms. The molecule has 0 N–H and O–H groups in total. The molecule has 22 heavy (non-hydrogen) atoms. The predicted molar refractivity (Wildman–Crippen MR) is 95.7 cm³/mol. The average Bonchev–Trinajstić information content (AvgIpc) is 2.56. The molecule has 0 rings (SSSR count). The Morgan fingerprint density at radius 2 is 1.45 bits per heavy atom. The highest BCUT2D eigenvalue weighted by Gasteiger charge is 2.21. The number of oxime groups is 1. The minimum Gasteiger partial charge on any atom is -0.399 e. The molecule has 0 spiro atoms. The molecule has 132 valence electrons. The summed E-state index contributed by atoms with van der Waals surface area (Å²) >= 11 is 6.68. The summed E-state index contributed by atoms with van der Waals surface area (Å²) in [5.74, 6) is -0.295. The topological polar surface area (TPSA) is 38.7 Å². The Labute approximate surface area is 149 Å². The van der Waals surface area contributed by atoms with Gasteiger partial charge in [-0.1, -0.05) is 64.7 Å². The van der Waals surface area contributed by atoms with Gasteiger partial charge in [-0.15, -0.1) is 0 Å². The maximum absolute atomic E-state index is 13.2. The summed E-state index contributed by atoms with van der Waals surface area (Å²) in [6.45, 7) is 7.53. The van der Waals surface area contributed by atoms with Crippen LogP contribution in [0.5, 0.6) is 0 Å². The second-order valence-electron chi connectivity index (χ2n) is 5.03. The van der Waals surface area contributed by atoms with Crippen LogP contribution >= 0.6 is 31.9 Å². The van der Waals surface area contributed by atoms with Gasteiger partial charge in [-0.3, -0.25) is 0 Å². The molecule has 0 saturated heterocycles. The van der Waals surface area contributed by atoms with Gasteiger partial charge in [0.25, 0.3) is 0 Å². The van der Waals surface area contributed by atoms with E-state index < -0.39 is 12.3 Å². The quantitative estimate of drug-likeness (QED) is 0.212. The van der Waals surface area contributed by atoms with E-state index in [1.807, 2.05) is 20.8 Å². The zero-order valence-electron chi connectivity index (χ0n) is 13.8. The first-order valence-electron chi connectivity index (χ1n) is 7.34. The summed E-state index contributed by atoms with van der Waals surface area (Å²) in [5, 5.41) is 3.39. The Balaban J connectivity index is 0. The Bertz CT molecular complexity index is 309. The van der Waals surface area contributed by atoms with Gasteiger partial charge in [0.15, 0.2) is 12.5 Å². The number of hydrogen-bond donors (Lipinski definition) is 0. The first-order chi connectivity index (χ1) is 10.3. The van der Waals surface area contributed by atoms with Crippen LogP contribution in [-0.2, 0) is 9.63 Å². The van der Waals surface area contributed by atoms with E-state index in [0.717, 1.165) is 12.8 Å². The highest BCUT2D eigenvalue weighted by molar-refractivity contribution is 9.09. The van der Waals surface area contributed by atoms with E-state index in [9.17, 15) is 13.6 Å². The number of rotatable bonds is 9. The number of carbonyl (C=O) groups excluding carboxylic acids is 1. The standard InChI is InChI=1S/C8H15BrFNO.C7H12BrFO/c1-4-7(9)6(2)8(10)5-11-12-3;1-3-6(8)5(2)7(9)4-10/h5-8H,4H2,1-3H3;4-7H,3H2,1-2H3/t6-,7+,8-;5-,6+,7-/m11/s1. The number of aldehydes is 1. The van der Waals surface area contributed by atoms with Crippen LogP contribution in [-0.4, -0.2) is 41.6 Å². The predicted octanol–water partition coefficient (Wildman–Crippen LogP) is 5.10. The van der Waals surface area contributed by atoms with Crippen molar-refractivity contribution in [2.75, 3.05) is 7.11 Å². The largest absolute Gasteiger partial charge is 0.399 e. The molecule has 0 radical (unpaired) electrons. The van der Waals surface area contributed by atoms with Crippen molar-refractivity contribution in [3.05, 3.63) is 0 Å². The summed E-state index contributed by atoms with van der Waals surface area (Å²) in [4.78, 5) is 14.7. The van der Waals surface area contributed by atoms with Gasteiger partial charge in [0.05, 0.1) is 6.21 Å². The molecule has 0 aliphatic carbocycles. The van der Waals surface area contributed by atoms with E-state index in [1.54, 1.807) is 6.92 Å². The average molecular weight is 451 g/mol. The van der Waals surface area contributed by atoms with E-state index in [-0.39, 0.29) is 21.5 Å². The molecule has 0 heterocycles. The lowest BCUT2D eigenvalue weighted by atomic mass is 10.0. The van der Waals surface area contributed by atoms with Gasteiger partial charge in [0, 0.05) is 21.5 Å². The van der Waals surface area contributed by atoms with E-state index in [1.165, 1.54) is 13.3 Å². The Morgan fingerprint density at radius 1 is 1.05 bits per heavy atom. The fourth-order valence-electron chi connectivity index (χ4n) is 1.52. The molecule has 6 atom stereocenters. The normalized spacial score (nSPS) is 19.3. The maximum Gasteiger partial charge on any atom is 0.159 e. The van der Waals surface area contributed by atoms with E-state index in [4.69, 9.17) is 0 Å². The Kier molecular flexibility index (Phi) is 16.0.